The van der Waals surface area contributed by atoms with Crippen molar-refractivity contribution in [1.82, 2.24) is 0 Å². The van der Waals surface area contributed by atoms with Crippen LogP contribution in [0.5, 0.6) is 0 Å². The lowest BCUT2D eigenvalue weighted by Gasteiger charge is -2.20. The number of hydrogen-bond acceptors (Lipinski definition) is 2. The van der Waals surface area contributed by atoms with Crippen molar-refractivity contribution in [2.45, 2.75) is 25.3 Å². The van der Waals surface area contributed by atoms with E-state index in [0.717, 1.165) is 16.7 Å². The van der Waals surface area contributed by atoms with E-state index in [0.29, 0.717) is 24.9 Å². The molecule has 0 fully saturated rings. The topological polar surface area (TPSA) is 55.1 Å². The molecule has 21 heavy (non-hydrogen) atoms. The van der Waals surface area contributed by atoms with Crippen LogP contribution in [0.1, 0.15) is 29.2 Å². The Kier molecular flexibility index (Phi) is 3.71. The number of anilines is 1. The van der Waals surface area contributed by atoms with E-state index in [9.17, 15) is 9.18 Å². The van der Waals surface area contributed by atoms with Gasteiger partial charge in [-0.2, -0.15) is 0 Å². The molecule has 0 saturated carbocycles. The molecule has 1 amide bonds. The molecule has 3 N–H and O–H groups in total. The zero-order valence-electron chi connectivity index (χ0n) is 11.6. The summed E-state index contributed by atoms with van der Waals surface area (Å²) in [6.45, 7) is 0. The molecule has 3 rings (SSSR count). The summed E-state index contributed by atoms with van der Waals surface area (Å²) < 4.78 is 14.1. The van der Waals surface area contributed by atoms with Crippen LogP contribution in [-0.2, 0) is 17.6 Å². The maximum atomic E-state index is 14.1. The molecule has 4 heteroatoms. The quantitative estimate of drug-likeness (QED) is 0.910. The van der Waals surface area contributed by atoms with Gasteiger partial charge in [0.1, 0.15) is 5.82 Å². The van der Waals surface area contributed by atoms with Gasteiger partial charge >= 0.3 is 0 Å². The Morgan fingerprint density at radius 3 is 2.71 bits per heavy atom. The molecule has 1 unspecified atom stereocenters. The molecule has 0 saturated heterocycles. The van der Waals surface area contributed by atoms with E-state index in [4.69, 9.17) is 5.73 Å². The third-order valence-corrected chi connectivity index (χ3v) is 3.81. The van der Waals surface area contributed by atoms with Crippen molar-refractivity contribution >= 4 is 11.6 Å². The number of aryl methyl sites for hydroxylation is 1. The Labute approximate surface area is 123 Å². The molecule has 0 aromatic heterocycles. The van der Waals surface area contributed by atoms with E-state index < -0.39 is 5.82 Å². The van der Waals surface area contributed by atoms with Crippen LogP contribution in [0, 0.1) is 5.82 Å². The number of nitrogens with one attached hydrogen (secondary N) is 1. The molecule has 0 aliphatic carbocycles. The Bertz CT molecular complexity index is 670. The highest BCUT2D eigenvalue weighted by Crippen LogP contribution is 2.29. The molecule has 1 aliphatic rings. The molecular weight excluding hydrogens is 267 g/mol. The Morgan fingerprint density at radius 1 is 1.19 bits per heavy atom. The predicted molar refractivity (Wildman–Crippen MR) is 80.4 cm³/mol. The number of amides is 1. The van der Waals surface area contributed by atoms with Crippen molar-refractivity contribution in [3.8, 4) is 0 Å². The molecule has 1 heterocycles. The average Bonchev–Trinajstić information content (AvgIpc) is 2.49. The van der Waals surface area contributed by atoms with E-state index in [2.05, 4.69) is 5.32 Å². The van der Waals surface area contributed by atoms with Crippen LogP contribution in [0.4, 0.5) is 10.1 Å². The summed E-state index contributed by atoms with van der Waals surface area (Å²) in [7, 11) is 0. The second kappa shape index (κ2) is 5.66. The Hall–Kier alpha value is -2.20. The lowest BCUT2D eigenvalue weighted by atomic mass is 9.94. The van der Waals surface area contributed by atoms with Crippen molar-refractivity contribution in [3.05, 3.63) is 65.0 Å². The Balaban J connectivity index is 1.86. The molecule has 0 spiro atoms. The zero-order chi connectivity index (χ0) is 14.8. The summed E-state index contributed by atoms with van der Waals surface area (Å²) in [6.07, 6.45) is 1.61. The fourth-order valence-electron chi connectivity index (χ4n) is 2.67. The van der Waals surface area contributed by atoms with Gasteiger partial charge in [-0.25, -0.2) is 4.39 Å². The first-order valence-corrected chi connectivity index (χ1v) is 7.05. The lowest BCUT2D eigenvalue weighted by molar-refractivity contribution is -0.116. The van der Waals surface area contributed by atoms with Crippen molar-refractivity contribution in [1.29, 1.82) is 0 Å². The fraction of sp³-hybridized carbons (Fsp3) is 0.235. The summed E-state index contributed by atoms with van der Waals surface area (Å²) in [5, 5.41) is 2.59. The fourth-order valence-corrected chi connectivity index (χ4v) is 2.67. The number of benzene rings is 2. The first-order valence-electron chi connectivity index (χ1n) is 7.05. The monoisotopic (exact) mass is 284 g/mol. The summed E-state index contributed by atoms with van der Waals surface area (Å²) in [6, 6.07) is 13.0. The second-order valence-electron chi connectivity index (χ2n) is 5.38. The van der Waals surface area contributed by atoms with Crippen molar-refractivity contribution in [3.63, 3.8) is 0 Å². The molecule has 1 aliphatic heterocycles. The molecule has 108 valence electrons. The summed E-state index contributed by atoms with van der Waals surface area (Å²) >= 11 is 0. The first kappa shape index (κ1) is 13.8. The zero-order valence-corrected chi connectivity index (χ0v) is 11.6. The van der Waals surface area contributed by atoms with Gasteiger partial charge in [-0.15, -0.1) is 0 Å². The first-order chi connectivity index (χ1) is 10.1. The maximum Gasteiger partial charge on any atom is 0.224 e. The van der Waals surface area contributed by atoms with Crippen LogP contribution in [0.25, 0.3) is 0 Å². The predicted octanol–water partition coefficient (Wildman–Crippen LogP) is 2.95. The highest BCUT2D eigenvalue weighted by Gasteiger charge is 2.20. The van der Waals surface area contributed by atoms with Crippen LogP contribution in [0.2, 0.25) is 0 Å². The number of hydrogen-bond donors (Lipinski definition) is 2. The normalized spacial score (nSPS) is 15.2. The van der Waals surface area contributed by atoms with Gasteiger partial charge in [0, 0.05) is 12.5 Å². The van der Waals surface area contributed by atoms with Crippen LogP contribution >= 0.6 is 0 Å². The number of carbonyl (C=O) groups excluding carboxylic acids is 1. The second-order valence-corrected chi connectivity index (χ2v) is 5.38. The van der Waals surface area contributed by atoms with Gasteiger partial charge in [-0.05, 0) is 35.6 Å². The summed E-state index contributed by atoms with van der Waals surface area (Å²) in [4.78, 5) is 11.3. The molecule has 2 aromatic carbocycles. The molecule has 0 bridgehead atoms. The minimum absolute atomic E-state index is 0.136. The van der Waals surface area contributed by atoms with E-state index in [1.807, 2.05) is 36.4 Å². The van der Waals surface area contributed by atoms with Crippen molar-refractivity contribution in [2.75, 3.05) is 5.32 Å². The van der Waals surface area contributed by atoms with Gasteiger partial charge in [-0.1, -0.05) is 36.4 Å². The lowest BCUT2D eigenvalue weighted by Crippen LogP contribution is -2.21. The molecular formula is C17H17FN2O. The van der Waals surface area contributed by atoms with Crippen LogP contribution in [0.15, 0.2) is 42.5 Å². The minimum atomic E-state index is -0.404. The summed E-state index contributed by atoms with van der Waals surface area (Å²) in [5.41, 5.74) is 9.23. The standard InChI is InChI=1S/C17H17FN2O/c18-14-10-13(9-12-6-7-16(21)20-17(12)14)15(19)8-11-4-2-1-3-5-11/h1-5,9-10,15H,6-8,19H2,(H,20,21). The van der Waals surface area contributed by atoms with Gasteiger partial charge in [0.05, 0.1) is 5.69 Å². The van der Waals surface area contributed by atoms with E-state index >= 15 is 0 Å². The van der Waals surface area contributed by atoms with Crippen LogP contribution in [0.3, 0.4) is 0 Å². The van der Waals surface area contributed by atoms with Gasteiger partial charge in [0.25, 0.3) is 0 Å². The van der Waals surface area contributed by atoms with Gasteiger partial charge in [0.15, 0.2) is 0 Å². The number of carbonyl (C=O) groups is 1. The van der Waals surface area contributed by atoms with Crippen molar-refractivity contribution in [2.24, 2.45) is 5.73 Å². The molecule has 2 aromatic rings. The third-order valence-electron chi connectivity index (χ3n) is 3.81. The number of nitrogens with two attached hydrogens (primary N) is 1. The SMILES string of the molecule is NC(Cc1ccccc1)c1cc(F)c2c(c1)CCC(=O)N2. The third kappa shape index (κ3) is 2.95. The van der Waals surface area contributed by atoms with Gasteiger partial charge in [0.2, 0.25) is 5.91 Å². The minimum Gasteiger partial charge on any atom is -0.324 e. The maximum absolute atomic E-state index is 14.1. The highest BCUT2D eigenvalue weighted by atomic mass is 19.1. The summed E-state index contributed by atoms with van der Waals surface area (Å²) in [5.74, 6) is -0.540. The molecule has 0 radical (unpaired) electrons. The number of rotatable bonds is 3. The average molecular weight is 284 g/mol. The molecule has 3 nitrogen and oxygen atoms in total. The molecule has 1 atom stereocenters. The van der Waals surface area contributed by atoms with Crippen molar-refractivity contribution < 1.29 is 9.18 Å². The van der Waals surface area contributed by atoms with E-state index in [-0.39, 0.29) is 11.9 Å². The van der Waals surface area contributed by atoms with Gasteiger partial charge in [-0.3, -0.25) is 4.79 Å². The van der Waals surface area contributed by atoms with Crippen LogP contribution < -0.4 is 11.1 Å². The van der Waals surface area contributed by atoms with Gasteiger partial charge < -0.3 is 11.1 Å². The number of fused-ring (bicyclic) bond motifs is 1. The smallest absolute Gasteiger partial charge is 0.224 e. The van der Waals surface area contributed by atoms with Crippen LogP contribution in [-0.4, -0.2) is 5.91 Å². The highest BCUT2D eigenvalue weighted by molar-refractivity contribution is 5.94. The Morgan fingerprint density at radius 2 is 1.95 bits per heavy atom. The van der Waals surface area contributed by atoms with E-state index in [1.165, 1.54) is 6.07 Å². The number of halogens is 1. The largest absolute Gasteiger partial charge is 0.324 e. The van der Waals surface area contributed by atoms with E-state index in [1.54, 1.807) is 0 Å².